The Morgan fingerprint density at radius 1 is 1.47 bits per heavy atom. The summed E-state index contributed by atoms with van der Waals surface area (Å²) in [6.07, 6.45) is 2.99. The minimum absolute atomic E-state index is 0.263. The number of rotatable bonds is 4. The lowest BCUT2D eigenvalue weighted by atomic mass is 10.0. The van der Waals surface area contributed by atoms with E-state index in [1.165, 1.54) is 0 Å². The highest BCUT2D eigenvalue weighted by atomic mass is 16.1. The predicted octanol–water partition coefficient (Wildman–Crippen LogP) is 3.11. The molecule has 0 radical (unpaired) electrons. The van der Waals surface area contributed by atoms with E-state index in [9.17, 15) is 4.79 Å². The number of anilines is 1. The number of amides is 1. The smallest absolute Gasteiger partial charge is 0.241 e. The number of nitriles is 1. The SMILES string of the molecule is CCCC(C#N)C(=O)Nc1cnc2ccccc2c1. The van der Waals surface area contributed by atoms with Gasteiger partial charge in [0.15, 0.2) is 0 Å². The van der Waals surface area contributed by atoms with Crippen molar-refractivity contribution in [3.63, 3.8) is 0 Å². The molecule has 0 aliphatic rings. The molecule has 0 bridgehead atoms. The Kier molecular flexibility index (Phi) is 4.09. The lowest BCUT2D eigenvalue weighted by Gasteiger charge is -2.09. The fraction of sp³-hybridized carbons (Fsp3) is 0.267. The first-order chi connectivity index (χ1) is 9.24. The van der Waals surface area contributed by atoms with Gasteiger partial charge in [0.1, 0.15) is 5.92 Å². The topological polar surface area (TPSA) is 65.8 Å². The van der Waals surface area contributed by atoms with E-state index in [0.29, 0.717) is 12.1 Å². The van der Waals surface area contributed by atoms with Crippen molar-refractivity contribution < 1.29 is 4.79 Å². The number of benzene rings is 1. The Hall–Kier alpha value is -2.41. The van der Waals surface area contributed by atoms with Crippen LogP contribution in [0.3, 0.4) is 0 Å². The molecule has 4 heteroatoms. The molecule has 0 aliphatic carbocycles. The summed E-state index contributed by atoms with van der Waals surface area (Å²) in [6, 6.07) is 11.6. The molecule has 1 aromatic heterocycles. The molecule has 0 spiro atoms. The van der Waals surface area contributed by atoms with Crippen LogP contribution in [0.1, 0.15) is 19.8 Å². The highest BCUT2D eigenvalue weighted by molar-refractivity contribution is 5.95. The first-order valence-electron chi connectivity index (χ1n) is 6.30. The minimum atomic E-state index is -0.600. The maximum atomic E-state index is 11.9. The normalized spacial score (nSPS) is 11.8. The third-order valence-electron chi connectivity index (χ3n) is 2.91. The molecule has 0 aliphatic heterocycles. The van der Waals surface area contributed by atoms with Crippen LogP contribution in [0.5, 0.6) is 0 Å². The molecule has 1 amide bonds. The third-order valence-corrected chi connectivity index (χ3v) is 2.91. The summed E-state index contributed by atoms with van der Waals surface area (Å²) in [5.41, 5.74) is 1.51. The molecule has 96 valence electrons. The Labute approximate surface area is 112 Å². The van der Waals surface area contributed by atoms with E-state index >= 15 is 0 Å². The number of nitrogens with zero attached hydrogens (tertiary/aromatic N) is 2. The van der Waals surface area contributed by atoms with E-state index < -0.39 is 5.92 Å². The number of pyridine rings is 1. The van der Waals surface area contributed by atoms with Crippen LogP contribution >= 0.6 is 0 Å². The maximum absolute atomic E-state index is 11.9. The molecule has 19 heavy (non-hydrogen) atoms. The third kappa shape index (κ3) is 3.08. The maximum Gasteiger partial charge on any atom is 0.241 e. The molecule has 4 nitrogen and oxygen atoms in total. The van der Waals surface area contributed by atoms with Crippen molar-refractivity contribution in [2.45, 2.75) is 19.8 Å². The second-order valence-corrected chi connectivity index (χ2v) is 4.38. The van der Waals surface area contributed by atoms with Gasteiger partial charge in [-0.2, -0.15) is 5.26 Å². The number of carbonyl (C=O) groups is 1. The molecular formula is C15H15N3O. The molecule has 2 aromatic rings. The largest absolute Gasteiger partial charge is 0.324 e. The Balaban J connectivity index is 2.17. The summed E-state index contributed by atoms with van der Waals surface area (Å²) in [5, 5.41) is 12.7. The Bertz CT molecular complexity index is 631. The monoisotopic (exact) mass is 253 g/mol. The Morgan fingerprint density at radius 3 is 3.00 bits per heavy atom. The zero-order valence-electron chi connectivity index (χ0n) is 10.8. The highest BCUT2D eigenvalue weighted by Gasteiger charge is 2.16. The zero-order valence-corrected chi connectivity index (χ0v) is 10.8. The first-order valence-corrected chi connectivity index (χ1v) is 6.30. The molecule has 1 aromatic carbocycles. The van der Waals surface area contributed by atoms with Crippen molar-refractivity contribution in [1.29, 1.82) is 5.26 Å². The molecule has 2 rings (SSSR count). The quantitative estimate of drug-likeness (QED) is 0.910. The van der Waals surface area contributed by atoms with Crippen LogP contribution in [-0.4, -0.2) is 10.9 Å². The van der Waals surface area contributed by atoms with Gasteiger partial charge in [0.2, 0.25) is 5.91 Å². The van der Waals surface area contributed by atoms with Crippen molar-refractivity contribution in [1.82, 2.24) is 4.98 Å². The van der Waals surface area contributed by atoms with Gasteiger partial charge < -0.3 is 5.32 Å². The fourth-order valence-electron chi connectivity index (χ4n) is 1.91. The zero-order chi connectivity index (χ0) is 13.7. The molecule has 0 fully saturated rings. The van der Waals surface area contributed by atoms with Crippen LogP contribution in [0, 0.1) is 17.2 Å². The van der Waals surface area contributed by atoms with Gasteiger partial charge in [0, 0.05) is 5.39 Å². The van der Waals surface area contributed by atoms with Crippen molar-refractivity contribution >= 4 is 22.5 Å². The van der Waals surface area contributed by atoms with Gasteiger partial charge in [-0.15, -0.1) is 0 Å². The van der Waals surface area contributed by atoms with Crippen LogP contribution in [0.25, 0.3) is 10.9 Å². The summed E-state index contributed by atoms with van der Waals surface area (Å²) in [4.78, 5) is 16.2. The van der Waals surface area contributed by atoms with Crippen LogP contribution < -0.4 is 5.32 Å². The summed E-state index contributed by atoms with van der Waals surface area (Å²) >= 11 is 0. The van der Waals surface area contributed by atoms with E-state index in [4.69, 9.17) is 5.26 Å². The lowest BCUT2D eigenvalue weighted by molar-refractivity contribution is -0.118. The lowest BCUT2D eigenvalue weighted by Crippen LogP contribution is -2.21. The van der Waals surface area contributed by atoms with Gasteiger partial charge in [-0.1, -0.05) is 31.5 Å². The van der Waals surface area contributed by atoms with E-state index in [1.807, 2.05) is 43.3 Å². The molecule has 0 saturated heterocycles. The molecule has 1 atom stereocenters. The summed E-state index contributed by atoms with van der Waals surface area (Å²) in [7, 11) is 0. The van der Waals surface area contributed by atoms with Gasteiger partial charge in [0.05, 0.1) is 23.5 Å². The number of aromatic nitrogens is 1. The van der Waals surface area contributed by atoms with Crippen molar-refractivity contribution in [2.75, 3.05) is 5.32 Å². The van der Waals surface area contributed by atoms with Gasteiger partial charge in [-0.25, -0.2) is 0 Å². The second kappa shape index (κ2) is 5.96. The molecular weight excluding hydrogens is 238 g/mol. The highest BCUT2D eigenvalue weighted by Crippen LogP contribution is 2.17. The number of nitrogens with one attached hydrogen (secondary N) is 1. The number of hydrogen-bond acceptors (Lipinski definition) is 3. The van der Waals surface area contributed by atoms with Crippen molar-refractivity contribution in [3.05, 3.63) is 36.5 Å². The van der Waals surface area contributed by atoms with E-state index in [0.717, 1.165) is 17.3 Å². The van der Waals surface area contributed by atoms with Crippen LogP contribution in [0.2, 0.25) is 0 Å². The van der Waals surface area contributed by atoms with Gasteiger partial charge >= 0.3 is 0 Å². The van der Waals surface area contributed by atoms with Crippen molar-refractivity contribution in [2.24, 2.45) is 5.92 Å². The fourth-order valence-corrected chi connectivity index (χ4v) is 1.91. The van der Waals surface area contributed by atoms with Gasteiger partial charge in [-0.05, 0) is 18.6 Å². The van der Waals surface area contributed by atoms with E-state index in [1.54, 1.807) is 6.20 Å². The Morgan fingerprint density at radius 2 is 2.26 bits per heavy atom. The van der Waals surface area contributed by atoms with Gasteiger partial charge in [-0.3, -0.25) is 9.78 Å². The van der Waals surface area contributed by atoms with Crippen LogP contribution in [0.4, 0.5) is 5.69 Å². The summed E-state index contributed by atoms with van der Waals surface area (Å²) in [5.74, 6) is -0.863. The first kappa shape index (κ1) is 13.0. The van der Waals surface area contributed by atoms with E-state index in [2.05, 4.69) is 10.3 Å². The van der Waals surface area contributed by atoms with Gasteiger partial charge in [0.25, 0.3) is 0 Å². The number of carbonyl (C=O) groups excluding carboxylic acids is 1. The average molecular weight is 253 g/mol. The van der Waals surface area contributed by atoms with E-state index in [-0.39, 0.29) is 5.91 Å². The number of hydrogen-bond donors (Lipinski definition) is 1. The number of para-hydroxylation sites is 1. The van der Waals surface area contributed by atoms with Crippen LogP contribution in [0.15, 0.2) is 36.5 Å². The summed E-state index contributed by atoms with van der Waals surface area (Å²) < 4.78 is 0. The summed E-state index contributed by atoms with van der Waals surface area (Å²) in [6.45, 7) is 1.95. The minimum Gasteiger partial charge on any atom is -0.324 e. The van der Waals surface area contributed by atoms with Crippen LogP contribution in [-0.2, 0) is 4.79 Å². The molecule has 1 N–H and O–H groups in total. The number of fused-ring (bicyclic) bond motifs is 1. The predicted molar refractivity (Wildman–Crippen MR) is 74.4 cm³/mol. The average Bonchev–Trinajstić information content (AvgIpc) is 2.44. The molecule has 0 saturated carbocycles. The molecule has 1 heterocycles. The standard InChI is InChI=1S/C15H15N3O/c1-2-5-12(9-16)15(19)18-13-8-11-6-3-4-7-14(11)17-10-13/h3-4,6-8,10,12H,2,5H2,1H3,(H,18,19). The second-order valence-electron chi connectivity index (χ2n) is 4.38. The van der Waals surface area contributed by atoms with Crippen molar-refractivity contribution in [3.8, 4) is 6.07 Å². The molecule has 1 unspecified atom stereocenters.